The summed E-state index contributed by atoms with van der Waals surface area (Å²) in [7, 11) is 3.23. The van der Waals surface area contributed by atoms with Crippen molar-refractivity contribution in [1.82, 2.24) is 0 Å². The predicted octanol–water partition coefficient (Wildman–Crippen LogP) is 1.64. The zero-order chi connectivity index (χ0) is 12.1. The maximum atomic E-state index is 11.6. The van der Waals surface area contributed by atoms with Crippen LogP contribution < -0.4 is 9.64 Å². The number of nitrogens with zero attached hydrogens (tertiary/aromatic N) is 1. The Morgan fingerprint density at radius 2 is 1.81 bits per heavy atom. The van der Waals surface area contributed by atoms with Gasteiger partial charge in [0.1, 0.15) is 11.5 Å². The average Bonchev–Trinajstić information content (AvgIpc) is 2.27. The number of ketones is 1. The van der Waals surface area contributed by atoms with Crippen molar-refractivity contribution in [3.8, 4) is 5.75 Å². The topological polar surface area (TPSA) is 46.6 Å². The van der Waals surface area contributed by atoms with Gasteiger partial charge in [-0.3, -0.25) is 9.59 Å². The molecular formula is C12H15NO3. The van der Waals surface area contributed by atoms with Crippen molar-refractivity contribution in [1.29, 1.82) is 0 Å². The van der Waals surface area contributed by atoms with Crippen LogP contribution in [-0.2, 0) is 9.59 Å². The van der Waals surface area contributed by atoms with E-state index in [4.69, 9.17) is 4.74 Å². The number of carbonyl (C=O) groups excluding carboxylic acids is 2. The van der Waals surface area contributed by atoms with Gasteiger partial charge in [-0.1, -0.05) is 0 Å². The first-order valence-electron chi connectivity index (χ1n) is 4.94. The molecule has 1 aromatic carbocycles. The van der Waals surface area contributed by atoms with Gasteiger partial charge >= 0.3 is 0 Å². The van der Waals surface area contributed by atoms with E-state index < -0.39 is 0 Å². The highest BCUT2D eigenvalue weighted by Crippen LogP contribution is 2.18. The molecule has 0 atom stereocenters. The van der Waals surface area contributed by atoms with Crippen LogP contribution in [0, 0.1) is 0 Å². The quantitative estimate of drug-likeness (QED) is 0.726. The Labute approximate surface area is 94.8 Å². The van der Waals surface area contributed by atoms with Crippen molar-refractivity contribution in [3.63, 3.8) is 0 Å². The van der Waals surface area contributed by atoms with E-state index in [1.54, 1.807) is 38.4 Å². The highest BCUT2D eigenvalue weighted by atomic mass is 16.5. The van der Waals surface area contributed by atoms with Gasteiger partial charge in [0.15, 0.2) is 0 Å². The first-order valence-corrected chi connectivity index (χ1v) is 4.94. The summed E-state index contributed by atoms with van der Waals surface area (Å²) in [6.07, 6.45) is -0.0669. The van der Waals surface area contributed by atoms with E-state index in [0.717, 1.165) is 11.4 Å². The number of benzene rings is 1. The van der Waals surface area contributed by atoms with Crippen molar-refractivity contribution >= 4 is 17.4 Å². The first kappa shape index (κ1) is 12.2. The Hall–Kier alpha value is -1.84. The Bertz CT molecular complexity index is 384. The first-order chi connectivity index (χ1) is 7.54. The lowest BCUT2D eigenvalue weighted by molar-refractivity contribution is -0.125. The standard InChI is InChI=1S/C12H15NO3/c1-9(14)8-12(15)13(2)10-4-6-11(16-3)7-5-10/h4-7H,8H2,1-3H3. The number of rotatable bonds is 4. The number of carbonyl (C=O) groups is 2. The molecule has 0 bridgehead atoms. The van der Waals surface area contributed by atoms with Crippen LogP contribution in [0.4, 0.5) is 5.69 Å². The van der Waals surface area contributed by atoms with E-state index >= 15 is 0 Å². The molecule has 0 heterocycles. The van der Waals surface area contributed by atoms with Gasteiger partial charge in [0.2, 0.25) is 5.91 Å². The molecule has 4 nitrogen and oxygen atoms in total. The summed E-state index contributed by atoms with van der Waals surface area (Å²) in [6, 6.07) is 7.09. The summed E-state index contributed by atoms with van der Waals surface area (Å²) in [5.74, 6) is 0.388. The van der Waals surface area contributed by atoms with Crippen LogP contribution in [0.3, 0.4) is 0 Å². The monoisotopic (exact) mass is 221 g/mol. The minimum Gasteiger partial charge on any atom is -0.497 e. The van der Waals surface area contributed by atoms with Gasteiger partial charge in [-0.2, -0.15) is 0 Å². The lowest BCUT2D eigenvalue weighted by Gasteiger charge is -2.16. The molecule has 0 saturated heterocycles. The molecular weight excluding hydrogens is 206 g/mol. The Balaban J connectivity index is 2.75. The van der Waals surface area contributed by atoms with Crippen molar-refractivity contribution in [2.24, 2.45) is 0 Å². The number of hydrogen-bond acceptors (Lipinski definition) is 3. The molecule has 86 valence electrons. The second-order valence-corrected chi connectivity index (χ2v) is 3.53. The van der Waals surface area contributed by atoms with E-state index in [0.29, 0.717) is 0 Å². The summed E-state index contributed by atoms with van der Waals surface area (Å²) < 4.78 is 5.02. The maximum Gasteiger partial charge on any atom is 0.234 e. The van der Waals surface area contributed by atoms with E-state index in [2.05, 4.69) is 0 Å². The highest BCUT2D eigenvalue weighted by molar-refractivity contribution is 6.04. The lowest BCUT2D eigenvalue weighted by Crippen LogP contribution is -2.27. The average molecular weight is 221 g/mol. The summed E-state index contributed by atoms with van der Waals surface area (Å²) in [4.78, 5) is 23.9. The molecule has 0 aliphatic carbocycles. The molecule has 0 aliphatic heterocycles. The molecule has 4 heteroatoms. The van der Waals surface area contributed by atoms with E-state index in [9.17, 15) is 9.59 Å². The fraction of sp³-hybridized carbons (Fsp3) is 0.333. The number of methoxy groups -OCH3 is 1. The third-order valence-corrected chi connectivity index (χ3v) is 2.23. The van der Waals surface area contributed by atoms with Crippen LogP contribution in [0.1, 0.15) is 13.3 Å². The third kappa shape index (κ3) is 3.08. The highest BCUT2D eigenvalue weighted by Gasteiger charge is 2.12. The summed E-state index contributed by atoms with van der Waals surface area (Å²) in [5.41, 5.74) is 0.743. The number of amides is 1. The molecule has 0 fully saturated rings. The van der Waals surface area contributed by atoms with Crippen molar-refractivity contribution in [2.75, 3.05) is 19.1 Å². The van der Waals surface area contributed by atoms with Gasteiger partial charge in [0.05, 0.1) is 13.5 Å². The van der Waals surface area contributed by atoms with E-state index in [1.807, 2.05) is 0 Å². The number of Topliss-reactive ketones (excluding diaryl/α,β-unsaturated/α-hetero) is 1. The molecule has 0 spiro atoms. The van der Waals surface area contributed by atoms with Crippen molar-refractivity contribution in [3.05, 3.63) is 24.3 Å². The van der Waals surface area contributed by atoms with Crippen LogP contribution >= 0.6 is 0 Å². The summed E-state index contributed by atoms with van der Waals surface area (Å²) >= 11 is 0. The molecule has 1 aromatic rings. The number of ether oxygens (including phenoxy) is 1. The fourth-order valence-electron chi connectivity index (χ4n) is 1.28. The van der Waals surface area contributed by atoms with Gasteiger partial charge in [0, 0.05) is 12.7 Å². The van der Waals surface area contributed by atoms with Gasteiger partial charge < -0.3 is 9.64 Å². The molecule has 0 aliphatic rings. The summed E-state index contributed by atoms with van der Waals surface area (Å²) in [6.45, 7) is 1.40. The maximum absolute atomic E-state index is 11.6. The normalized spacial score (nSPS) is 9.69. The van der Waals surface area contributed by atoms with Crippen LogP contribution in [0.15, 0.2) is 24.3 Å². The smallest absolute Gasteiger partial charge is 0.234 e. The van der Waals surface area contributed by atoms with Gasteiger partial charge in [-0.25, -0.2) is 0 Å². The van der Waals surface area contributed by atoms with Gasteiger partial charge in [-0.05, 0) is 31.2 Å². The van der Waals surface area contributed by atoms with Crippen molar-refractivity contribution < 1.29 is 14.3 Å². The molecule has 0 aromatic heterocycles. The minimum absolute atomic E-state index is 0.0669. The Morgan fingerprint density at radius 3 is 2.25 bits per heavy atom. The fourth-order valence-corrected chi connectivity index (χ4v) is 1.28. The number of hydrogen-bond donors (Lipinski definition) is 0. The number of anilines is 1. The summed E-state index contributed by atoms with van der Waals surface area (Å²) in [5, 5.41) is 0. The second kappa shape index (κ2) is 5.30. The zero-order valence-corrected chi connectivity index (χ0v) is 9.69. The van der Waals surface area contributed by atoms with E-state index in [-0.39, 0.29) is 18.1 Å². The second-order valence-electron chi connectivity index (χ2n) is 3.53. The van der Waals surface area contributed by atoms with Crippen LogP contribution in [0.2, 0.25) is 0 Å². The van der Waals surface area contributed by atoms with E-state index in [1.165, 1.54) is 11.8 Å². The van der Waals surface area contributed by atoms with Gasteiger partial charge in [0.25, 0.3) is 0 Å². The molecule has 1 amide bonds. The Morgan fingerprint density at radius 1 is 1.25 bits per heavy atom. The Kier molecular flexibility index (Phi) is 4.05. The molecule has 16 heavy (non-hydrogen) atoms. The lowest BCUT2D eigenvalue weighted by atomic mass is 10.2. The zero-order valence-electron chi connectivity index (χ0n) is 9.69. The SMILES string of the molecule is COc1ccc(N(C)C(=O)CC(C)=O)cc1. The third-order valence-electron chi connectivity index (χ3n) is 2.23. The van der Waals surface area contributed by atoms with Crippen LogP contribution in [0.5, 0.6) is 5.75 Å². The van der Waals surface area contributed by atoms with Crippen molar-refractivity contribution in [2.45, 2.75) is 13.3 Å². The van der Waals surface area contributed by atoms with Crippen LogP contribution in [-0.4, -0.2) is 25.8 Å². The molecule has 0 radical (unpaired) electrons. The molecule has 0 N–H and O–H groups in total. The molecule has 0 unspecified atom stereocenters. The minimum atomic E-state index is -0.210. The largest absolute Gasteiger partial charge is 0.497 e. The van der Waals surface area contributed by atoms with Crippen LogP contribution in [0.25, 0.3) is 0 Å². The molecule has 0 saturated carbocycles. The predicted molar refractivity (Wildman–Crippen MR) is 61.7 cm³/mol. The molecule has 1 rings (SSSR count). The van der Waals surface area contributed by atoms with Gasteiger partial charge in [-0.15, -0.1) is 0 Å².